The Balaban J connectivity index is 2.67. The topological polar surface area (TPSA) is 75.6 Å². The van der Waals surface area contributed by atoms with Crippen LogP contribution < -0.4 is 10.1 Å². The van der Waals surface area contributed by atoms with Gasteiger partial charge in [0.05, 0.1) is 0 Å². The molecule has 7 heteroatoms. The van der Waals surface area contributed by atoms with Crippen molar-refractivity contribution in [2.24, 2.45) is 0 Å². The number of amides is 1. The molecule has 2 atom stereocenters. The molecule has 0 aliphatic heterocycles. The maximum atomic E-state index is 12.3. The van der Waals surface area contributed by atoms with Gasteiger partial charge in [-0.3, -0.25) is 4.79 Å². The molecule has 1 rings (SSSR count). The van der Waals surface area contributed by atoms with Gasteiger partial charge in [0, 0.05) is 6.42 Å². The van der Waals surface area contributed by atoms with Gasteiger partial charge in [0.15, 0.2) is 6.10 Å². The normalized spacial score (nSPS) is 14.1. The summed E-state index contributed by atoms with van der Waals surface area (Å²) in [7, 11) is 0. The first-order valence-corrected chi connectivity index (χ1v) is 7.59. The zero-order valence-electron chi connectivity index (χ0n) is 14.2. The fraction of sp³-hybridized carbons (Fsp3) is 0.529. The van der Waals surface area contributed by atoms with E-state index in [1.54, 1.807) is 12.1 Å². The predicted octanol–water partition coefficient (Wildman–Crippen LogP) is 2.98. The molecule has 2 unspecified atom stereocenters. The van der Waals surface area contributed by atoms with Gasteiger partial charge in [-0.15, -0.1) is 0 Å². The Morgan fingerprint density at radius 3 is 2.17 bits per heavy atom. The predicted molar refractivity (Wildman–Crippen MR) is 85.4 cm³/mol. The molecule has 134 valence electrons. The van der Waals surface area contributed by atoms with Crippen molar-refractivity contribution in [2.75, 3.05) is 0 Å². The number of carbonyl (C=O) groups is 2. The summed E-state index contributed by atoms with van der Waals surface area (Å²) in [6, 6.07) is 5.51. The Labute approximate surface area is 140 Å². The maximum Gasteiger partial charge on any atom is 0.326 e. The van der Waals surface area contributed by atoms with Crippen LogP contribution in [0.4, 0.5) is 8.78 Å². The van der Waals surface area contributed by atoms with E-state index >= 15 is 0 Å². The van der Waals surface area contributed by atoms with Crippen molar-refractivity contribution in [1.82, 2.24) is 5.32 Å². The molecule has 0 fully saturated rings. The lowest BCUT2D eigenvalue weighted by Crippen LogP contribution is -2.47. The number of alkyl halides is 2. The molecule has 1 aromatic carbocycles. The first-order chi connectivity index (χ1) is 11.0. The Hall–Kier alpha value is -2.18. The highest BCUT2D eigenvalue weighted by Gasteiger charge is 2.27. The van der Waals surface area contributed by atoms with Crippen LogP contribution in [0.3, 0.4) is 0 Å². The second kappa shape index (κ2) is 8.08. The maximum absolute atomic E-state index is 12.3. The second-order valence-electron chi connectivity index (χ2n) is 6.56. The molecule has 0 heterocycles. The summed E-state index contributed by atoms with van der Waals surface area (Å²) in [5, 5.41) is 10.9. The average molecular weight is 343 g/mol. The lowest BCUT2D eigenvalue weighted by atomic mass is 9.87. The third kappa shape index (κ3) is 6.14. The van der Waals surface area contributed by atoms with Crippen molar-refractivity contribution in [3.63, 3.8) is 0 Å². The van der Waals surface area contributed by atoms with Crippen LogP contribution in [0.1, 0.15) is 39.7 Å². The molecule has 0 aliphatic carbocycles. The molecular weight excluding hydrogens is 320 g/mol. The van der Waals surface area contributed by atoms with Gasteiger partial charge in [-0.1, -0.05) is 32.9 Å². The smallest absolute Gasteiger partial charge is 0.326 e. The van der Waals surface area contributed by atoms with Crippen molar-refractivity contribution in [2.45, 2.75) is 58.1 Å². The highest BCUT2D eigenvalue weighted by Crippen LogP contribution is 2.24. The van der Waals surface area contributed by atoms with Gasteiger partial charge >= 0.3 is 5.97 Å². The molecule has 0 spiro atoms. The zero-order valence-corrected chi connectivity index (χ0v) is 14.2. The minimum atomic E-state index is -2.83. The quantitative estimate of drug-likeness (QED) is 0.798. The molecule has 0 saturated heterocycles. The van der Waals surface area contributed by atoms with E-state index in [1.807, 2.05) is 12.1 Å². The number of halogens is 2. The Bertz CT molecular complexity index is 567. The Morgan fingerprint density at radius 1 is 1.21 bits per heavy atom. The van der Waals surface area contributed by atoms with Gasteiger partial charge in [0.25, 0.3) is 5.91 Å². The number of rotatable bonds is 7. The van der Waals surface area contributed by atoms with Crippen LogP contribution in [0.2, 0.25) is 0 Å². The van der Waals surface area contributed by atoms with Crippen molar-refractivity contribution in [3.05, 3.63) is 29.8 Å². The number of ether oxygens (including phenoxy) is 1. The highest BCUT2D eigenvalue weighted by molar-refractivity contribution is 5.86. The number of nitrogens with one attached hydrogen (secondary N) is 1. The van der Waals surface area contributed by atoms with Crippen LogP contribution in [-0.2, 0) is 15.0 Å². The number of carboxylic acid groups (broad SMARTS) is 1. The van der Waals surface area contributed by atoms with Crippen molar-refractivity contribution < 1.29 is 28.2 Å². The summed E-state index contributed by atoms with van der Waals surface area (Å²) in [6.45, 7) is 7.62. The molecule has 1 aromatic rings. The van der Waals surface area contributed by atoms with Gasteiger partial charge in [0.1, 0.15) is 11.8 Å². The van der Waals surface area contributed by atoms with Crippen molar-refractivity contribution in [1.29, 1.82) is 0 Å². The number of carbonyl (C=O) groups excluding carboxylic acids is 1. The largest absolute Gasteiger partial charge is 0.481 e. The van der Waals surface area contributed by atoms with E-state index in [4.69, 9.17) is 9.84 Å². The molecule has 5 nitrogen and oxygen atoms in total. The number of carboxylic acids is 1. The lowest BCUT2D eigenvalue weighted by Gasteiger charge is -2.21. The molecule has 0 saturated carbocycles. The summed E-state index contributed by atoms with van der Waals surface area (Å²) in [6.07, 6.45) is -4.79. The van der Waals surface area contributed by atoms with Crippen molar-refractivity contribution >= 4 is 11.9 Å². The summed E-state index contributed by atoms with van der Waals surface area (Å²) in [5.41, 5.74) is 1.07. The van der Waals surface area contributed by atoms with E-state index in [9.17, 15) is 18.4 Å². The van der Waals surface area contributed by atoms with E-state index in [2.05, 4.69) is 26.1 Å². The third-order valence-corrected chi connectivity index (χ3v) is 3.43. The van der Waals surface area contributed by atoms with Gasteiger partial charge in [-0.2, -0.15) is 0 Å². The minimum absolute atomic E-state index is 0.0223. The van der Waals surface area contributed by atoms with Crippen LogP contribution >= 0.6 is 0 Å². The Morgan fingerprint density at radius 2 is 1.75 bits per heavy atom. The zero-order chi connectivity index (χ0) is 18.5. The van der Waals surface area contributed by atoms with Crippen molar-refractivity contribution in [3.8, 4) is 5.75 Å². The third-order valence-electron chi connectivity index (χ3n) is 3.43. The van der Waals surface area contributed by atoms with Gasteiger partial charge in [-0.05, 0) is 30.0 Å². The molecule has 0 bridgehead atoms. The standard InChI is InChI=1S/C17H23F2NO4/c1-10(15(21)20-13(16(22)23)9-14(18)19)24-12-7-5-11(6-8-12)17(2,3)4/h5-8,10,13-14H,9H2,1-4H3,(H,20,21)(H,22,23). The number of benzene rings is 1. The Kier molecular flexibility index (Phi) is 6.69. The highest BCUT2D eigenvalue weighted by atomic mass is 19.3. The molecule has 24 heavy (non-hydrogen) atoms. The number of hydrogen-bond donors (Lipinski definition) is 2. The van der Waals surface area contributed by atoms with Gasteiger partial charge in [-0.25, -0.2) is 13.6 Å². The fourth-order valence-electron chi connectivity index (χ4n) is 1.98. The molecule has 1 amide bonds. The lowest BCUT2D eigenvalue weighted by molar-refractivity contribution is -0.144. The molecule has 0 aromatic heterocycles. The monoisotopic (exact) mass is 343 g/mol. The van der Waals surface area contributed by atoms with E-state index in [0.29, 0.717) is 5.75 Å². The molecule has 0 aliphatic rings. The van der Waals surface area contributed by atoms with Crippen LogP contribution in [0.25, 0.3) is 0 Å². The summed E-state index contributed by atoms with van der Waals surface area (Å²) >= 11 is 0. The molecular formula is C17H23F2NO4. The van der Waals surface area contributed by atoms with Crippen LogP contribution in [0.5, 0.6) is 5.75 Å². The molecule has 0 radical (unpaired) electrons. The van der Waals surface area contributed by atoms with Crippen LogP contribution in [-0.4, -0.2) is 35.6 Å². The van der Waals surface area contributed by atoms with E-state index < -0.39 is 36.9 Å². The minimum Gasteiger partial charge on any atom is -0.481 e. The average Bonchev–Trinajstić information content (AvgIpc) is 2.45. The fourth-order valence-corrected chi connectivity index (χ4v) is 1.98. The van der Waals surface area contributed by atoms with E-state index in [-0.39, 0.29) is 5.41 Å². The number of aliphatic carboxylic acids is 1. The van der Waals surface area contributed by atoms with E-state index in [1.165, 1.54) is 6.92 Å². The van der Waals surface area contributed by atoms with Crippen LogP contribution in [0.15, 0.2) is 24.3 Å². The summed E-state index contributed by atoms with van der Waals surface area (Å²) < 4.78 is 30.1. The van der Waals surface area contributed by atoms with E-state index in [0.717, 1.165) is 5.56 Å². The van der Waals surface area contributed by atoms with Crippen LogP contribution in [0, 0.1) is 0 Å². The first kappa shape index (κ1) is 19.9. The summed E-state index contributed by atoms with van der Waals surface area (Å²) in [5.74, 6) is -1.83. The first-order valence-electron chi connectivity index (χ1n) is 7.59. The second-order valence-corrected chi connectivity index (χ2v) is 6.56. The summed E-state index contributed by atoms with van der Waals surface area (Å²) in [4.78, 5) is 22.8. The molecule has 2 N–H and O–H groups in total. The van der Waals surface area contributed by atoms with Gasteiger partial charge in [0.2, 0.25) is 6.43 Å². The SMILES string of the molecule is CC(Oc1ccc(C(C)(C)C)cc1)C(=O)NC(CC(F)F)C(=O)O. The van der Waals surface area contributed by atoms with Gasteiger partial charge < -0.3 is 15.2 Å². The number of hydrogen-bond acceptors (Lipinski definition) is 3.